The van der Waals surface area contributed by atoms with Gasteiger partial charge in [-0.15, -0.1) is 0 Å². The van der Waals surface area contributed by atoms with Crippen LogP contribution in [-0.2, 0) is 11.3 Å². The molecule has 1 heterocycles. The standard InChI is InChI=1S/C17H25NO3/c1-3-17(16(19)20)9-11-18(12-10-17)13-14-7-5-6-8-15(14)21-4-2/h5-8H,3-4,9-13H2,1-2H3,(H,19,20). The third-order valence-corrected chi connectivity index (χ3v) is 4.61. The normalized spacial score (nSPS) is 18.4. The number of hydrogen-bond donors (Lipinski definition) is 1. The van der Waals surface area contributed by atoms with Gasteiger partial charge in [-0.1, -0.05) is 25.1 Å². The minimum Gasteiger partial charge on any atom is -0.494 e. The van der Waals surface area contributed by atoms with E-state index in [4.69, 9.17) is 4.74 Å². The number of piperidine rings is 1. The predicted molar refractivity (Wildman–Crippen MR) is 82.5 cm³/mol. The van der Waals surface area contributed by atoms with E-state index in [9.17, 15) is 9.90 Å². The van der Waals surface area contributed by atoms with Crippen LogP contribution in [0.4, 0.5) is 0 Å². The molecule has 1 saturated heterocycles. The summed E-state index contributed by atoms with van der Waals surface area (Å²) in [5.41, 5.74) is 0.661. The molecule has 4 nitrogen and oxygen atoms in total. The zero-order chi connectivity index (χ0) is 15.3. The number of nitrogens with zero attached hydrogens (tertiary/aromatic N) is 1. The molecule has 21 heavy (non-hydrogen) atoms. The van der Waals surface area contributed by atoms with Crippen molar-refractivity contribution in [2.75, 3.05) is 19.7 Å². The lowest BCUT2D eigenvalue weighted by Crippen LogP contribution is -2.43. The number of ether oxygens (including phenoxy) is 1. The lowest BCUT2D eigenvalue weighted by Gasteiger charge is -2.38. The molecule has 1 aliphatic heterocycles. The fourth-order valence-corrected chi connectivity index (χ4v) is 3.03. The lowest BCUT2D eigenvalue weighted by atomic mass is 9.76. The van der Waals surface area contributed by atoms with Crippen molar-refractivity contribution < 1.29 is 14.6 Å². The highest BCUT2D eigenvalue weighted by Gasteiger charge is 2.39. The molecule has 0 unspecified atom stereocenters. The average Bonchev–Trinajstić information content (AvgIpc) is 2.50. The Morgan fingerprint density at radius 3 is 2.52 bits per heavy atom. The molecule has 2 rings (SSSR count). The zero-order valence-electron chi connectivity index (χ0n) is 13.0. The summed E-state index contributed by atoms with van der Waals surface area (Å²) >= 11 is 0. The van der Waals surface area contributed by atoms with Gasteiger partial charge in [0.25, 0.3) is 0 Å². The fraction of sp³-hybridized carbons (Fsp3) is 0.588. The number of carbonyl (C=O) groups is 1. The third kappa shape index (κ3) is 3.56. The lowest BCUT2D eigenvalue weighted by molar-refractivity contribution is -0.152. The van der Waals surface area contributed by atoms with Gasteiger partial charge >= 0.3 is 5.97 Å². The van der Waals surface area contributed by atoms with Crippen LogP contribution in [0.15, 0.2) is 24.3 Å². The van der Waals surface area contributed by atoms with Crippen LogP contribution in [-0.4, -0.2) is 35.7 Å². The second-order valence-electron chi connectivity index (χ2n) is 5.76. The quantitative estimate of drug-likeness (QED) is 0.874. The highest BCUT2D eigenvalue weighted by atomic mass is 16.5. The second-order valence-corrected chi connectivity index (χ2v) is 5.76. The molecule has 1 aromatic rings. The summed E-state index contributed by atoms with van der Waals surface area (Å²) in [6.07, 6.45) is 2.18. The molecule has 116 valence electrons. The Bertz CT molecular complexity index is 479. The number of carboxylic acid groups (broad SMARTS) is 1. The fourth-order valence-electron chi connectivity index (χ4n) is 3.03. The van der Waals surface area contributed by atoms with Crippen molar-refractivity contribution in [3.63, 3.8) is 0 Å². The number of likely N-dealkylation sites (tertiary alicyclic amines) is 1. The molecule has 1 fully saturated rings. The number of carboxylic acids is 1. The van der Waals surface area contributed by atoms with Crippen molar-refractivity contribution in [3.8, 4) is 5.75 Å². The summed E-state index contributed by atoms with van der Waals surface area (Å²) in [4.78, 5) is 13.8. The molecule has 1 N–H and O–H groups in total. The Hall–Kier alpha value is -1.55. The summed E-state index contributed by atoms with van der Waals surface area (Å²) in [5.74, 6) is 0.296. The molecular weight excluding hydrogens is 266 g/mol. The van der Waals surface area contributed by atoms with Gasteiger partial charge < -0.3 is 9.84 Å². The first kappa shape index (κ1) is 15.8. The maximum absolute atomic E-state index is 11.5. The maximum atomic E-state index is 11.5. The topological polar surface area (TPSA) is 49.8 Å². The number of rotatable bonds is 6. The van der Waals surface area contributed by atoms with Crippen molar-refractivity contribution in [1.29, 1.82) is 0 Å². The first-order valence-corrected chi connectivity index (χ1v) is 7.77. The van der Waals surface area contributed by atoms with Gasteiger partial charge in [-0.05, 0) is 45.3 Å². The van der Waals surface area contributed by atoms with Gasteiger partial charge in [0.1, 0.15) is 5.75 Å². The molecule has 0 aromatic heterocycles. The van der Waals surface area contributed by atoms with Gasteiger partial charge in [0, 0.05) is 12.1 Å². The van der Waals surface area contributed by atoms with E-state index in [-0.39, 0.29) is 0 Å². The highest BCUT2D eigenvalue weighted by Crippen LogP contribution is 2.36. The number of para-hydroxylation sites is 1. The Morgan fingerprint density at radius 1 is 1.29 bits per heavy atom. The molecule has 1 aliphatic rings. The van der Waals surface area contributed by atoms with E-state index in [1.807, 2.05) is 32.0 Å². The van der Waals surface area contributed by atoms with Crippen LogP contribution in [0.2, 0.25) is 0 Å². The molecule has 0 aliphatic carbocycles. The van der Waals surface area contributed by atoms with Crippen LogP contribution in [0.1, 0.15) is 38.7 Å². The Morgan fingerprint density at radius 2 is 1.95 bits per heavy atom. The number of aliphatic carboxylic acids is 1. The number of benzene rings is 1. The SMILES string of the molecule is CCOc1ccccc1CN1CCC(CC)(C(=O)O)CC1. The Labute approximate surface area is 126 Å². The Balaban J connectivity index is 1.99. The minimum atomic E-state index is -0.639. The smallest absolute Gasteiger partial charge is 0.309 e. The monoisotopic (exact) mass is 291 g/mol. The van der Waals surface area contributed by atoms with E-state index in [2.05, 4.69) is 11.0 Å². The minimum absolute atomic E-state index is 0.518. The van der Waals surface area contributed by atoms with E-state index in [1.165, 1.54) is 5.56 Å². The highest BCUT2D eigenvalue weighted by molar-refractivity contribution is 5.74. The summed E-state index contributed by atoms with van der Waals surface area (Å²) in [7, 11) is 0. The van der Waals surface area contributed by atoms with E-state index < -0.39 is 11.4 Å². The average molecular weight is 291 g/mol. The summed E-state index contributed by atoms with van der Waals surface area (Å²) in [6.45, 7) is 7.13. The van der Waals surface area contributed by atoms with Crippen molar-refractivity contribution in [1.82, 2.24) is 4.90 Å². The summed E-state index contributed by atoms with van der Waals surface area (Å²) in [6, 6.07) is 8.09. The molecule has 0 saturated carbocycles. The van der Waals surface area contributed by atoms with Gasteiger partial charge in [0.2, 0.25) is 0 Å². The molecular formula is C17H25NO3. The summed E-state index contributed by atoms with van der Waals surface area (Å²) < 4.78 is 5.66. The third-order valence-electron chi connectivity index (χ3n) is 4.61. The van der Waals surface area contributed by atoms with Gasteiger partial charge in [-0.25, -0.2) is 0 Å². The van der Waals surface area contributed by atoms with Crippen LogP contribution in [0, 0.1) is 5.41 Å². The first-order valence-electron chi connectivity index (χ1n) is 7.77. The molecule has 4 heteroatoms. The van der Waals surface area contributed by atoms with E-state index >= 15 is 0 Å². The molecule has 1 aromatic carbocycles. The van der Waals surface area contributed by atoms with Gasteiger partial charge in [-0.3, -0.25) is 9.69 Å². The van der Waals surface area contributed by atoms with Crippen molar-refractivity contribution in [2.24, 2.45) is 5.41 Å². The van der Waals surface area contributed by atoms with Gasteiger partial charge in [0.05, 0.1) is 12.0 Å². The molecule has 0 spiro atoms. The molecule has 0 radical (unpaired) electrons. The van der Waals surface area contributed by atoms with Crippen molar-refractivity contribution >= 4 is 5.97 Å². The van der Waals surface area contributed by atoms with E-state index in [0.29, 0.717) is 13.0 Å². The zero-order valence-corrected chi connectivity index (χ0v) is 13.0. The largest absolute Gasteiger partial charge is 0.494 e. The van der Waals surface area contributed by atoms with E-state index in [0.717, 1.165) is 38.2 Å². The molecule has 0 atom stereocenters. The van der Waals surface area contributed by atoms with Crippen molar-refractivity contribution in [2.45, 2.75) is 39.7 Å². The summed E-state index contributed by atoms with van der Waals surface area (Å²) in [5, 5.41) is 9.44. The number of hydrogen-bond acceptors (Lipinski definition) is 3. The maximum Gasteiger partial charge on any atom is 0.309 e. The van der Waals surface area contributed by atoms with Gasteiger partial charge in [0.15, 0.2) is 0 Å². The van der Waals surface area contributed by atoms with Crippen LogP contribution in [0.5, 0.6) is 5.75 Å². The van der Waals surface area contributed by atoms with Crippen LogP contribution in [0.3, 0.4) is 0 Å². The van der Waals surface area contributed by atoms with E-state index in [1.54, 1.807) is 0 Å². The first-order chi connectivity index (χ1) is 10.1. The van der Waals surface area contributed by atoms with Crippen molar-refractivity contribution in [3.05, 3.63) is 29.8 Å². The predicted octanol–water partition coefficient (Wildman–Crippen LogP) is 3.16. The van der Waals surface area contributed by atoms with Crippen LogP contribution < -0.4 is 4.74 Å². The van der Waals surface area contributed by atoms with Gasteiger partial charge in [-0.2, -0.15) is 0 Å². The van der Waals surface area contributed by atoms with Crippen LogP contribution >= 0.6 is 0 Å². The Kier molecular flexibility index (Phi) is 5.23. The molecule has 0 bridgehead atoms. The second kappa shape index (κ2) is 6.94. The van der Waals surface area contributed by atoms with Crippen LogP contribution in [0.25, 0.3) is 0 Å². The molecule has 0 amide bonds.